The van der Waals surface area contributed by atoms with E-state index in [9.17, 15) is 31.3 Å². The number of aromatic hydroxyl groups is 1. The SMILES string of the molecule is CC1(O)CC(c2ccccc2O)=NO1.CO[C@]1(C)ON=C(c2c(C)c(Cl)c(C)c(Cl)c2C)[C@@H]1[S@@](=O)c1ccc(C)cc1.CO[C@]1(C)ON=C(c2c(Cl)cccc2Cl)[C@@H]1[S@@](=O)c1ccc(C)cc1.CO[C@]1(C)ON=C(c2c(Cl)cccc2Cl)[C@@H]1[S@@](=O)c1ccc(C)cc1.CO[C@]1(C)ON=C(c2ccccc2)[C@@H]1[S@@](=O)c1ccc(C)cc1.CO[C@]1(C)ON=C(c2ccccc2)[C@@H]1[S@@](=O)c1ccc(C)cc1. The summed E-state index contributed by atoms with van der Waals surface area (Å²) in [5.74, 6) is -6.76. The Morgan fingerprint density at radius 1 is 0.297 bits per heavy atom. The Morgan fingerprint density at radius 3 is 0.783 bits per heavy atom. The van der Waals surface area contributed by atoms with Crippen molar-refractivity contribution < 1.29 is 84.0 Å². The van der Waals surface area contributed by atoms with E-state index in [1.54, 1.807) is 110 Å². The van der Waals surface area contributed by atoms with Crippen LogP contribution in [0.25, 0.3) is 0 Å². The fraction of sp³-hybridized carbons (Fsp3) is 0.301. The van der Waals surface area contributed by atoms with Crippen LogP contribution in [-0.4, -0.2) is 162 Å². The van der Waals surface area contributed by atoms with Crippen LogP contribution in [0.15, 0.2) is 298 Å². The molecular weight excluding hydrogens is 1980 g/mol. The molecule has 0 radical (unpaired) electrons. The summed E-state index contributed by atoms with van der Waals surface area (Å²) in [5, 5.41) is 43.4. The van der Waals surface area contributed by atoms with Crippen molar-refractivity contribution in [1.82, 2.24) is 0 Å². The number of phenols is 1. The summed E-state index contributed by atoms with van der Waals surface area (Å²) < 4.78 is 94.2. The predicted molar refractivity (Wildman–Crippen MR) is 550 cm³/mol. The summed E-state index contributed by atoms with van der Waals surface area (Å²) in [4.78, 5) is 35.9. The Labute approximate surface area is 846 Å². The van der Waals surface area contributed by atoms with Gasteiger partial charge in [0.15, 0.2) is 26.2 Å². The maximum atomic E-state index is 13.6. The number of ether oxygens (including phenoxy) is 5. The van der Waals surface area contributed by atoms with Crippen LogP contribution in [0.2, 0.25) is 30.1 Å². The predicted octanol–water partition coefficient (Wildman–Crippen LogP) is 22.4. The van der Waals surface area contributed by atoms with Crippen LogP contribution in [0.1, 0.15) is 126 Å². The molecule has 11 aromatic rings. The zero-order valence-corrected chi connectivity index (χ0v) is 87.7. The molecule has 0 aromatic heterocycles. The van der Waals surface area contributed by atoms with Crippen LogP contribution in [0, 0.1) is 55.4 Å². The van der Waals surface area contributed by atoms with E-state index < -0.39 is 115 Å². The lowest BCUT2D eigenvalue weighted by Crippen LogP contribution is -2.46. The number of aliphatic hydroxyl groups is 1. The molecule has 0 spiro atoms. The van der Waals surface area contributed by atoms with Gasteiger partial charge in [0.25, 0.3) is 28.9 Å². The summed E-state index contributed by atoms with van der Waals surface area (Å²) in [7, 11) is 0.466. The number of methoxy groups -OCH3 is 5. The van der Waals surface area contributed by atoms with Gasteiger partial charge in [0.1, 0.15) is 34.3 Å². The van der Waals surface area contributed by atoms with E-state index in [0.717, 1.165) is 71.0 Å². The summed E-state index contributed by atoms with van der Waals surface area (Å²) in [6.07, 6.45) is 0.282. The molecule has 1 unspecified atom stereocenters. The fourth-order valence-electron chi connectivity index (χ4n) is 15.2. The summed E-state index contributed by atoms with van der Waals surface area (Å²) >= 11 is 38.3. The van der Waals surface area contributed by atoms with E-state index in [-0.39, 0.29) is 12.2 Å². The first-order valence-corrected chi connectivity index (χ1v) is 51.5. The van der Waals surface area contributed by atoms with Crippen LogP contribution >= 0.6 is 69.6 Å². The number of nitrogens with zero attached hydrogens (tertiary/aromatic N) is 6. The number of phenolic OH excluding ortho intramolecular Hbond substituents is 1. The molecule has 16 atom stereocenters. The van der Waals surface area contributed by atoms with E-state index in [0.29, 0.717) is 95.8 Å². The molecule has 11 aromatic carbocycles. The van der Waals surface area contributed by atoms with Gasteiger partial charge < -0.3 is 62.9 Å². The van der Waals surface area contributed by atoms with Gasteiger partial charge in [0, 0.05) is 145 Å². The van der Waals surface area contributed by atoms with Gasteiger partial charge in [0.05, 0.1) is 86.2 Å². The molecule has 0 aliphatic carbocycles. The minimum absolute atomic E-state index is 0.146. The van der Waals surface area contributed by atoms with Crippen LogP contribution in [0.4, 0.5) is 0 Å². The van der Waals surface area contributed by atoms with Crippen molar-refractivity contribution in [3.8, 4) is 5.75 Å². The van der Waals surface area contributed by atoms with Crippen LogP contribution < -0.4 is 0 Å². The van der Waals surface area contributed by atoms with Gasteiger partial charge >= 0.3 is 0 Å². The van der Waals surface area contributed by atoms with Crippen molar-refractivity contribution in [2.75, 3.05) is 35.5 Å². The topological polar surface area (TPSA) is 302 Å². The maximum absolute atomic E-state index is 13.6. The van der Waals surface area contributed by atoms with Gasteiger partial charge in [-0.3, -0.25) is 21.0 Å². The van der Waals surface area contributed by atoms with E-state index >= 15 is 0 Å². The number of halogens is 6. The molecule has 0 saturated heterocycles. The van der Waals surface area contributed by atoms with E-state index in [2.05, 4.69) is 30.9 Å². The third-order valence-electron chi connectivity index (χ3n) is 23.6. The minimum atomic E-state index is -1.48. The molecule has 24 nitrogen and oxygen atoms in total. The van der Waals surface area contributed by atoms with E-state index in [1.165, 1.54) is 28.3 Å². The zero-order valence-electron chi connectivity index (χ0n) is 79.1. The molecule has 0 bridgehead atoms. The number of para-hydroxylation sites is 1. The maximum Gasteiger partial charge on any atom is 0.254 e. The van der Waals surface area contributed by atoms with Gasteiger partial charge in [0.2, 0.25) is 5.79 Å². The first kappa shape index (κ1) is 107. The lowest BCUT2D eigenvalue weighted by Gasteiger charge is -2.28. The quantitative estimate of drug-likeness (QED) is 0.0675. The lowest BCUT2D eigenvalue weighted by molar-refractivity contribution is -0.189. The zero-order chi connectivity index (χ0) is 100. The van der Waals surface area contributed by atoms with Gasteiger partial charge in [-0.15, -0.1) is 0 Å². The first-order chi connectivity index (χ1) is 65.5. The Balaban J connectivity index is 0.000000150. The molecule has 138 heavy (non-hydrogen) atoms. The summed E-state index contributed by atoms with van der Waals surface area (Å²) in [6.45, 7) is 25.8. The molecule has 17 rings (SSSR count). The molecule has 6 aliphatic rings. The third kappa shape index (κ3) is 23.7. The molecule has 2 N–H and O–H groups in total. The second-order valence-corrected chi connectivity index (χ2v) is 43.8. The molecular formula is C103H106Cl6N6O18S5. The van der Waals surface area contributed by atoms with Crippen LogP contribution in [0.5, 0.6) is 5.75 Å². The standard InChI is InChI=1S/C21H23Cl2NO3S.2C18H17Cl2NO3S.2C18H19NO3S.C10H11NO3/c1-11-7-9-15(10-8-11)28(25)20-19(24-27-21(20,5)26-6)16-12(2)17(22)14(4)18(23)13(16)3;2*1-11-7-9-12(10-8-11)25(22)17-16(21-24-18(17,2)23-3)15-13(19)5-4-6-14(15)20;2*1-13-9-11-15(12-10-13)23(20)17-16(14-7-5-4-6-8-14)19-22-18(17,2)21-3;1-10(13)6-8(11-14-10)7-4-2-3-5-9(7)12/h7-10,20H,1-6H3;2*4-10,17H,1-3H3;2*4-12,17H,1-3H3;2-5,12-13H,6H2,1H3/t20-,21+,28-;2*17-,18+,25-;2*17-,18+,23-;/m00000./s1. The lowest BCUT2D eigenvalue weighted by atomic mass is 9.92. The highest BCUT2D eigenvalue weighted by Crippen LogP contribution is 2.45. The second-order valence-electron chi connectivity index (χ2n) is 33.7. The van der Waals surface area contributed by atoms with Gasteiger partial charge in [-0.1, -0.05) is 274 Å². The number of hydrogen-bond acceptors (Lipinski definition) is 24. The van der Waals surface area contributed by atoms with Crippen LogP contribution in [-0.2, 0) is 107 Å². The van der Waals surface area contributed by atoms with Crippen molar-refractivity contribution in [3.63, 3.8) is 0 Å². The van der Waals surface area contributed by atoms with Crippen molar-refractivity contribution in [2.24, 2.45) is 30.9 Å². The third-order valence-corrected chi connectivity index (χ3v) is 35.1. The Hall–Kier alpha value is -9.71. The average Bonchev–Trinajstić information content (AvgIpc) is 1.56. The Morgan fingerprint density at radius 2 is 0.536 bits per heavy atom. The summed E-state index contributed by atoms with van der Waals surface area (Å²) in [5.41, 5.74) is 15.4. The molecule has 0 amide bonds. The van der Waals surface area contributed by atoms with Crippen molar-refractivity contribution in [3.05, 3.63) is 351 Å². The molecule has 35 heteroatoms. The average molecular weight is 2090 g/mol. The second kappa shape index (κ2) is 45.9. The normalized spacial score (nSPS) is 24.1. The number of rotatable bonds is 21. The molecule has 6 aliphatic heterocycles. The van der Waals surface area contributed by atoms with Crippen molar-refractivity contribution in [1.29, 1.82) is 0 Å². The minimum Gasteiger partial charge on any atom is -0.507 e. The van der Waals surface area contributed by atoms with Crippen molar-refractivity contribution in [2.45, 2.75) is 189 Å². The molecule has 6 heterocycles. The van der Waals surface area contributed by atoms with Crippen LogP contribution in [0.3, 0.4) is 0 Å². The molecule has 0 fully saturated rings. The number of aryl methyl sites for hydroxylation is 5. The van der Waals surface area contributed by atoms with Gasteiger partial charge in [-0.2, -0.15) is 0 Å². The Bertz CT molecular complexity index is 6230. The van der Waals surface area contributed by atoms with Gasteiger partial charge in [-0.05, 0) is 169 Å². The van der Waals surface area contributed by atoms with Crippen molar-refractivity contribution >= 4 is 158 Å². The van der Waals surface area contributed by atoms with E-state index in [4.69, 9.17) is 122 Å². The highest BCUT2D eigenvalue weighted by Gasteiger charge is 2.56. The Kier molecular flexibility index (Phi) is 35.6. The summed E-state index contributed by atoms with van der Waals surface area (Å²) in [6, 6.07) is 74.3. The number of benzene rings is 11. The number of oxime groups is 6. The van der Waals surface area contributed by atoms with E-state index in [1.807, 2.05) is 237 Å². The largest absolute Gasteiger partial charge is 0.507 e. The molecule has 0 saturated carbocycles. The van der Waals surface area contributed by atoms with Gasteiger partial charge in [-0.25, -0.2) is 0 Å². The smallest absolute Gasteiger partial charge is 0.254 e. The number of hydrogen-bond donors (Lipinski definition) is 2. The fourth-order valence-corrected chi connectivity index (χ4v) is 24.7. The monoisotopic (exact) mass is 2080 g/mol. The highest BCUT2D eigenvalue weighted by atomic mass is 35.5. The highest BCUT2D eigenvalue weighted by molar-refractivity contribution is 7.88. The molecule has 728 valence electrons. The first-order valence-electron chi connectivity index (χ1n) is 43.2.